The van der Waals surface area contributed by atoms with Crippen LogP contribution < -0.4 is 0 Å². The third-order valence-electron chi connectivity index (χ3n) is 4.04. The van der Waals surface area contributed by atoms with E-state index in [0.717, 1.165) is 16.5 Å². The van der Waals surface area contributed by atoms with Gasteiger partial charge in [-0.05, 0) is 17.4 Å². The Balaban J connectivity index is 2.28. The summed E-state index contributed by atoms with van der Waals surface area (Å²) in [5.74, 6) is -0.746. The van der Waals surface area contributed by atoms with E-state index in [2.05, 4.69) is 10.2 Å². The molecule has 1 saturated carbocycles. The fourth-order valence-electron chi connectivity index (χ4n) is 2.88. The highest BCUT2D eigenvalue weighted by atomic mass is 16.4. The first-order chi connectivity index (χ1) is 7.99. The fraction of sp³-hybridized carbons (Fsp3) is 0.385. The zero-order valence-corrected chi connectivity index (χ0v) is 9.82. The van der Waals surface area contributed by atoms with Crippen LogP contribution in [-0.4, -0.2) is 21.3 Å². The summed E-state index contributed by atoms with van der Waals surface area (Å²) in [5, 5.41) is 17.4. The molecule has 2 N–H and O–H groups in total. The van der Waals surface area contributed by atoms with Gasteiger partial charge in [0.1, 0.15) is 5.41 Å². The predicted molar refractivity (Wildman–Crippen MR) is 63.8 cm³/mol. The number of aromatic nitrogens is 2. The maximum Gasteiger partial charge on any atom is 0.314 e. The molecular formula is C13H14N2O2. The second-order valence-electron chi connectivity index (χ2n) is 5.41. The zero-order valence-electron chi connectivity index (χ0n) is 9.82. The molecule has 1 fully saturated rings. The molecule has 1 unspecified atom stereocenters. The van der Waals surface area contributed by atoms with Crippen LogP contribution in [-0.2, 0) is 10.2 Å². The minimum Gasteiger partial charge on any atom is -0.481 e. The number of carbonyl (C=O) groups is 1. The average Bonchev–Trinajstić information content (AvgIpc) is 2.67. The molecule has 1 aliphatic carbocycles. The molecule has 1 aromatic carbocycles. The Morgan fingerprint density at radius 1 is 1.47 bits per heavy atom. The van der Waals surface area contributed by atoms with E-state index in [1.165, 1.54) is 0 Å². The van der Waals surface area contributed by atoms with Crippen molar-refractivity contribution in [3.05, 3.63) is 30.0 Å². The number of H-pyrrole nitrogens is 1. The molecule has 1 atom stereocenters. The molecular weight excluding hydrogens is 216 g/mol. The third kappa shape index (κ3) is 1.12. The normalized spacial score (nSPS) is 26.0. The summed E-state index contributed by atoms with van der Waals surface area (Å²) in [4.78, 5) is 11.6. The van der Waals surface area contributed by atoms with Crippen molar-refractivity contribution >= 4 is 16.9 Å². The molecule has 0 amide bonds. The molecule has 1 heterocycles. The lowest BCUT2D eigenvalue weighted by Crippen LogP contribution is -2.25. The summed E-state index contributed by atoms with van der Waals surface area (Å²) in [6.07, 6.45) is 2.40. The Morgan fingerprint density at radius 2 is 2.18 bits per heavy atom. The van der Waals surface area contributed by atoms with Gasteiger partial charge in [0.05, 0.1) is 11.7 Å². The maximum absolute atomic E-state index is 11.6. The number of nitrogens with one attached hydrogen (secondary N) is 1. The first-order valence-electron chi connectivity index (χ1n) is 5.65. The van der Waals surface area contributed by atoms with Crippen molar-refractivity contribution in [3.63, 3.8) is 0 Å². The van der Waals surface area contributed by atoms with Crippen LogP contribution in [0.3, 0.4) is 0 Å². The Hall–Kier alpha value is -1.84. The summed E-state index contributed by atoms with van der Waals surface area (Å²) < 4.78 is 0. The Bertz CT molecular complexity index is 615. The van der Waals surface area contributed by atoms with Gasteiger partial charge in [-0.1, -0.05) is 32.0 Å². The Morgan fingerprint density at radius 3 is 2.76 bits per heavy atom. The minimum absolute atomic E-state index is 0.196. The van der Waals surface area contributed by atoms with Gasteiger partial charge in [0.15, 0.2) is 0 Å². The van der Waals surface area contributed by atoms with Crippen LogP contribution in [0.15, 0.2) is 24.4 Å². The molecule has 0 spiro atoms. The monoisotopic (exact) mass is 230 g/mol. The van der Waals surface area contributed by atoms with Gasteiger partial charge in [-0.15, -0.1) is 0 Å². The van der Waals surface area contributed by atoms with Gasteiger partial charge in [-0.25, -0.2) is 0 Å². The Kier molecular flexibility index (Phi) is 1.75. The second kappa shape index (κ2) is 2.88. The first kappa shape index (κ1) is 10.3. The van der Waals surface area contributed by atoms with Crippen molar-refractivity contribution < 1.29 is 9.90 Å². The van der Waals surface area contributed by atoms with Crippen LogP contribution in [0.2, 0.25) is 0 Å². The smallest absolute Gasteiger partial charge is 0.314 e. The van der Waals surface area contributed by atoms with Gasteiger partial charge in [0.2, 0.25) is 0 Å². The largest absolute Gasteiger partial charge is 0.481 e. The maximum atomic E-state index is 11.6. The quantitative estimate of drug-likeness (QED) is 0.832. The van der Waals surface area contributed by atoms with Crippen molar-refractivity contribution in [2.45, 2.75) is 25.7 Å². The molecule has 0 bridgehead atoms. The van der Waals surface area contributed by atoms with Crippen LogP contribution in [0, 0.1) is 5.41 Å². The molecule has 0 saturated heterocycles. The molecule has 4 heteroatoms. The van der Waals surface area contributed by atoms with E-state index in [9.17, 15) is 9.90 Å². The molecule has 4 nitrogen and oxygen atoms in total. The van der Waals surface area contributed by atoms with E-state index < -0.39 is 11.4 Å². The van der Waals surface area contributed by atoms with E-state index in [1.807, 2.05) is 32.0 Å². The van der Waals surface area contributed by atoms with E-state index in [4.69, 9.17) is 0 Å². The molecule has 1 aliphatic rings. The lowest BCUT2D eigenvalue weighted by atomic mass is 9.87. The summed E-state index contributed by atoms with van der Waals surface area (Å²) in [6, 6.07) is 5.73. The van der Waals surface area contributed by atoms with Crippen LogP contribution in [0.25, 0.3) is 10.9 Å². The van der Waals surface area contributed by atoms with Crippen molar-refractivity contribution in [2.75, 3.05) is 0 Å². The van der Waals surface area contributed by atoms with E-state index in [0.29, 0.717) is 6.42 Å². The number of carboxylic acid groups (broad SMARTS) is 1. The molecule has 1 aromatic heterocycles. The SMILES string of the molecule is CC1(C)CC1(C(=O)O)c1cccc2cn[nH]c12. The van der Waals surface area contributed by atoms with Crippen molar-refractivity contribution in [1.82, 2.24) is 10.2 Å². The number of aromatic amines is 1. The van der Waals surface area contributed by atoms with Crippen LogP contribution >= 0.6 is 0 Å². The van der Waals surface area contributed by atoms with Crippen LogP contribution in [0.5, 0.6) is 0 Å². The van der Waals surface area contributed by atoms with Gasteiger partial charge >= 0.3 is 5.97 Å². The predicted octanol–water partition coefficient (Wildman–Crippen LogP) is 2.32. The highest BCUT2D eigenvalue weighted by Gasteiger charge is 2.68. The number of hydrogen-bond acceptors (Lipinski definition) is 2. The number of benzene rings is 1. The van der Waals surface area contributed by atoms with E-state index in [1.54, 1.807) is 6.20 Å². The van der Waals surface area contributed by atoms with E-state index >= 15 is 0 Å². The second-order valence-corrected chi connectivity index (χ2v) is 5.41. The van der Waals surface area contributed by atoms with Crippen LogP contribution in [0.1, 0.15) is 25.8 Å². The standard InChI is InChI=1S/C13H14N2O2/c1-12(2)7-13(12,11(16)17)9-5-3-4-8-6-14-15-10(8)9/h3-6H,7H2,1-2H3,(H,14,15)(H,16,17). The molecule has 3 rings (SSSR count). The summed E-state index contributed by atoms with van der Waals surface area (Å²) in [6.45, 7) is 3.99. The summed E-state index contributed by atoms with van der Waals surface area (Å²) >= 11 is 0. The molecule has 17 heavy (non-hydrogen) atoms. The van der Waals surface area contributed by atoms with Gasteiger partial charge in [-0.2, -0.15) is 5.10 Å². The van der Waals surface area contributed by atoms with E-state index in [-0.39, 0.29) is 5.41 Å². The van der Waals surface area contributed by atoms with Crippen LogP contribution in [0.4, 0.5) is 0 Å². The van der Waals surface area contributed by atoms with Crippen molar-refractivity contribution in [1.29, 1.82) is 0 Å². The summed E-state index contributed by atoms with van der Waals surface area (Å²) in [7, 11) is 0. The number of para-hydroxylation sites is 1. The number of carboxylic acids is 1. The van der Waals surface area contributed by atoms with Crippen molar-refractivity contribution in [3.8, 4) is 0 Å². The number of hydrogen-bond donors (Lipinski definition) is 2. The van der Waals surface area contributed by atoms with Gasteiger partial charge < -0.3 is 5.11 Å². The average molecular weight is 230 g/mol. The Labute approximate surface area is 98.6 Å². The molecule has 0 aliphatic heterocycles. The van der Waals surface area contributed by atoms with Gasteiger partial charge in [0, 0.05) is 5.39 Å². The number of fused-ring (bicyclic) bond motifs is 1. The number of nitrogens with zero attached hydrogens (tertiary/aromatic N) is 1. The lowest BCUT2D eigenvalue weighted by molar-refractivity contribution is -0.141. The first-order valence-corrected chi connectivity index (χ1v) is 5.65. The highest BCUT2D eigenvalue weighted by molar-refractivity contribution is 5.94. The number of aliphatic carboxylic acids is 1. The highest BCUT2D eigenvalue weighted by Crippen LogP contribution is 2.65. The summed E-state index contributed by atoms with van der Waals surface area (Å²) in [5.41, 5.74) is 0.738. The van der Waals surface area contributed by atoms with Crippen molar-refractivity contribution in [2.24, 2.45) is 5.41 Å². The van der Waals surface area contributed by atoms with Gasteiger partial charge in [0.25, 0.3) is 0 Å². The number of rotatable bonds is 2. The third-order valence-corrected chi connectivity index (χ3v) is 4.04. The molecule has 0 radical (unpaired) electrons. The molecule has 88 valence electrons. The molecule has 2 aromatic rings. The minimum atomic E-state index is -0.765. The fourth-order valence-corrected chi connectivity index (χ4v) is 2.88. The topological polar surface area (TPSA) is 66.0 Å². The zero-order chi connectivity index (χ0) is 12.3. The van der Waals surface area contributed by atoms with Gasteiger partial charge in [-0.3, -0.25) is 9.89 Å². The lowest BCUT2D eigenvalue weighted by Gasteiger charge is -2.16.